The van der Waals surface area contributed by atoms with Gasteiger partial charge in [0.05, 0.1) is 6.61 Å². The van der Waals surface area contributed by atoms with Crippen molar-refractivity contribution in [2.45, 2.75) is 284 Å². The molecule has 0 spiro atoms. The molecule has 0 radical (unpaired) electrons. The van der Waals surface area contributed by atoms with E-state index in [-0.39, 0.29) is 0 Å². The van der Waals surface area contributed by atoms with E-state index in [0.717, 1.165) is 18.6 Å². The highest BCUT2D eigenvalue weighted by Gasteiger charge is 2.13. The van der Waals surface area contributed by atoms with Crippen LogP contribution in [0.2, 0.25) is 0 Å². The molecule has 0 aliphatic heterocycles. The minimum Gasteiger partial charge on any atom is -0.337 e. The first-order valence-corrected chi connectivity index (χ1v) is 28.0. The molecule has 0 bridgehead atoms. The molecule has 0 saturated carbocycles. The Balaban J connectivity index is 3.24. The second kappa shape index (κ2) is 45.3. The van der Waals surface area contributed by atoms with Crippen LogP contribution in [-0.4, -0.2) is 17.3 Å². The lowest BCUT2D eigenvalue weighted by Crippen LogP contribution is -1.92. The molecule has 1 atom stereocenters. The zero-order valence-electron chi connectivity index (χ0n) is 35.2. The largest absolute Gasteiger partial charge is 0.337 e. The Morgan fingerprint density at radius 3 is 0.765 bits per heavy atom. The zero-order valence-corrected chi connectivity index (χ0v) is 37.8. The van der Waals surface area contributed by atoms with Gasteiger partial charge in [-0.1, -0.05) is 282 Å². The van der Waals surface area contributed by atoms with E-state index in [1.54, 1.807) is 0 Å². The van der Waals surface area contributed by atoms with E-state index in [9.17, 15) is 4.89 Å². The fourth-order valence-electron chi connectivity index (χ4n) is 7.47. The zero-order chi connectivity index (χ0) is 37.0. The molecule has 0 aliphatic rings. The maximum absolute atomic E-state index is 10.5. The van der Waals surface area contributed by atoms with Crippen molar-refractivity contribution in [2.75, 3.05) is 12.4 Å². The van der Waals surface area contributed by atoms with E-state index in [1.807, 2.05) is 0 Å². The second-order valence-electron chi connectivity index (χ2n) is 16.3. The summed E-state index contributed by atoms with van der Waals surface area (Å²) in [6, 6.07) is 0. The van der Waals surface area contributed by atoms with E-state index < -0.39 is 5.69 Å². The van der Waals surface area contributed by atoms with Gasteiger partial charge in [-0.3, -0.25) is 0 Å². The molecule has 0 amide bonds. The lowest BCUT2D eigenvalue weighted by molar-refractivity contribution is 0.307. The normalized spacial score (nSPS) is 12.9. The van der Waals surface area contributed by atoms with Crippen molar-refractivity contribution in [3.05, 3.63) is 0 Å². The van der Waals surface area contributed by atoms with Crippen LogP contribution in [0, 0.1) is 0 Å². The highest BCUT2D eigenvalue weighted by atomic mass is 32.9. The summed E-state index contributed by atoms with van der Waals surface area (Å²) in [5, 5.41) is 0. The van der Waals surface area contributed by atoms with Gasteiger partial charge in [0.1, 0.15) is 0 Å². The van der Waals surface area contributed by atoms with Crippen LogP contribution in [0.25, 0.3) is 0 Å². The summed E-state index contributed by atoms with van der Waals surface area (Å²) < 4.78 is 5.76. The predicted octanol–water partition coefficient (Wildman–Crippen LogP) is 18.4. The smallest absolute Gasteiger partial charge is 0.244 e. The number of hydrogen-bond donors (Lipinski definition) is 1. The molecule has 2 nitrogen and oxygen atoms in total. The maximum Gasteiger partial charge on any atom is 0.244 e. The molecule has 0 aromatic rings. The minimum absolute atomic E-state index is 0.638. The molecule has 0 fully saturated rings. The highest BCUT2D eigenvalue weighted by molar-refractivity contribution is 8.67. The van der Waals surface area contributed by atoms with Crippen LogP contribution in [0.3, 0.4) is 0 Å². The molecule has 0 rings (SSSR count). The first-order valence-electron chi connectivity index (χ1n) is 23.7. The van der Waals surface area contributed by atoms with Crippen LogP contribution in [-0.2, 0) is 16.3 Å². The molecule has 0 aromatic heterocycles. The van der Waals surface area contributed by atoms with Gasteiger partial charge in [0, 0.05) is 5.75 Å². The Hall–Kier alpha value is 0.920. The Kier molecular flexibility index (Phi) is 46.1. The molecular weight excluding hydrogens is 680 g/mol. The van der Waals surface area contributed by atoms with Gasteiger partial charge >= 0.3 is 0 Å². The first kappa shape index (κ1) is 51.9. The number of hydrogen-bond acceptors (Lipinski definition) is 3. The van der Waals surface area contributed by atoms with Crippen LogP contribution in [0.15, 0.2) is 0 Å². The SMILES string of the molecule is CCCCCCCCCCCCCCCCCCCCCCCOP(O)(=S)SCCCCCCCCCCCCCCCCCCCCCCC. The lowest BCUT2D eigenvalue weighted by atomic mass is 10.0. The van der Waals surface area contributed by atoms with Crippen LogP contribution in [0.1, 0.15) is 284 Å². The van der Waals surface area contributed by atoms with Crippen LogP contribution in [0.5, 0.6) is 0 Å². The van der Waals surface area contributed by atoms with Crippen molar-refractivity contribution >= 4 is 28.9 Å². The Morgan fingerprint density at radius 1 is 0.333 bits per heavy atom. The minimum atomic E-state index is -2.63. The average Bonchev–Trinajstić information content (AvgIpc) is 3.12. The van der Waals surface area contributed by atoms with Crippen molar-refractivity contribution in [3.63, 3.8) is 0 Å². The third kappa shape index (κ3) is 47.0. The van der Waals surface area contributed by atoms with Crippen LogP contribution < -0.4 is 0 Å². The van der Waals surface area contributed by atoms with Crippen molar-refractivity contribution in [1.82, 2.24) is 0 Å². The highest BCUT2D eigenvalue weighted by Crippen LogP contribution is 2.56. The molecule has 1 unspecified atom stereocenters. The number of rotatable bonds is 46. The molecule has 51 heavy (non-hydrogen) atoms. The fourth-order valence-corrected chi connectivity index (χ4v) is 10.9. The van der Waals surface area contributed by atoms with Gasteiger partial charge in [-0.15, -0.1) is 0 Å². The monoisotopic (exact) mass is 775 g/mol. The summed E-state index contributed by atoms with van der Waals surface area (Å²) >= 11 is 6.93. The molecular formula is C46H95O2PS2. The van der Waals surface area contributed by atoms with E-state index in [0.29, 0.717) is 6.61 Å². The number of unbranched alkanes of at least 4 members (excludes halogenated alkanes) is 40. The molecule has 308 valence electrons. The summed E-state index contributed by atoms with van der Waals surface area (Å²) in [5.41, 5.74) is -2.63. The second-order valence-corrected chi connectivity index (χ2v) is 22.6. The molecule has 1 N–H and O–H groups in total. The van der Waals surface area contributed by atoms with Crippen LogP contribution >= 0.6 is 17.1 Å². The molecule has 0 heterocycles. The predicted molar refractivity (Wildman–Crippen MR) is 240 cm³/mol. The molecule has 5 heteroatoms. The molecule has 0 aliphatic carbocycles. The van der Waals surface area contributed by atoms with E-state index in [4.69, 9.17) is 16.3 Å². The Morgan fingerprint density at radius 2 is 0.529 bits per heavy atom. The van der Waals surface area contributed by atoms with Crippen LogP contribution in [0.4, 0.5) is 0 Å². The quantitative estimate of drug-likeness (QED) is 0.0493. The van der Waals surface area contributed by atoms with Crippen molar-refractivity contribution in [1.29, 1.82) is 0 Å². The van der Waals surface area contributed by atoms with Crippen molar-refractivity contribution in [2.24, 2.45) is 0 Å². The van der Waals surface area contributed by atoms with Gasteiger partial charge in [-0.25, -0.2) is 0 Å². The average molecular weight is 775 g/mol. The van der Waals surface area contributed by atoms with E-state index in [1.165, 1.54) is 268 Å². The van der Waals surface area contributed by atoms with Gasteiger partial charge < -0.3 is 9.42 Å². The lowest BCUT2D eigenvalue weighted by Gasteiger charge is -2.14. The fraction of sp³-hybridized carbons (Fsp3) is 1.00. The summed E-state index contributed by atoms with van der Waals surface area (Å²) in [4.78, 5) is 10.5. The van der Waals surface area contributed by atoms with Crippen molar-refractivity contribution in [3.8, 4) is 0 Å². The summed E-state index contributed by atoms with van der Waals surface area (Å²) in [6.07, 6.45) is 59.0. The standard InChI is InChI=1S/C46H95O2PS2/c1-3-5-7-9-11-13-15-17-19-21-23-25-27-29-31-33-35-37-39-41-43-45-48-49(47,50)51-46-44-42-40-38-36-34-32-30-28-26-24-22-20-18-16-14-12-10-8-6-4-2/h3-46H2,1-2H3,(H,47,50). The Labute approximate surface area is 332 Å². The summed E-state index contributed by atoms with van der Waals surface area (Å²) in [6.45, 7) is 5.24. The topological polar surface area (TPSA) is 29.5 Å². The van der Waals surface area contributed by atoms with Gasteiger partial charge in [0.15, 0.2) is 0 Å². The maximum atomic E-state index is 10.5. The molecule has 0 saturated heterocycles. The van der Waals surface area contributed by atoms with Crippen molar-refractivity contribution < 1.29 is 9.42 Å². The third-order valence-electron chi connectivity index (χ3n) is 11.0. The molecule has 0 aromatic carbocycles. The van der Waals surface area contributed by atoms with E-state index in [2.05, 4.69) is 13.8 Å². The van der Waals surface area contributed by atoms with Gasteiger partial charge in [-0.05, 0) is 24.6 Å². The summed E-state index contributed by atoms with van der Waals surface area (Å²) in [5.74, 6) is 0.951. The van der Waals surface area contributed by atoms with Gasteiger partial charge in [-0.2, -0.15) is 0 Å². The summed E-state index contributed by atoms with van der Waals surface area (Å²) in [7, 11) is 0. The van der Waals surface area contributed by atoms with E-state index >= 15 is 0 Å². The Bertz CT molecular complexity index is 624. The first-order chi connectivity index (χ1) is 25.1. The van der Waals surface area contributed by atoms with Gasteiger partial charge in [0.2, 0.25) is 5.69 Å². The van der Waals surface area contributed by atoms with Gasteiger partial charge in [0.25, 0.3) is 0 Å². The third-order valence-corrected chi connectivity index (χ3v) is 15.4.